The van der Waals surface area contributed by atoms with Crippen molar-refractivity contribution in [2.75, 3.05) is 33.7 Å². The first-order chi connectivity index (χ1) is 8.99. The quantitative estimate of drug-likeness (QED) is 0.819. The maximum atomic E-state index is 6.04. The second-order valence-electron chi connectivity index (χ2n) is 5.61. The van der Waals surface area contributed by atoms with E-state index in [2.05, 4.69) is 68.9 Å². The van der Waals surface area contributed by atoms with E-state index in [1.165, 1.54) is 11.1 Å². The molecule has 0 bridgehead atoms. The molecule has 0 aromatic heterocycles. The van der Waals surface area contributed by atoms with Gasteiger partial charge in [-0.15, -0.1) is 0 Å². The smallest absolute Gasteiger partial charge is 0.0473 e. The number of likely N-dealkylation sites (N-methyl/N-ethyl adjacent to an activating group) is 2. The van der Waals surface area contributed by atoms with Crippen LogP contribution < -0.4 is 5.73 Å². The monoisotopic (exact) mass is 263 g/mol. The second kappa shape index (κ2) is 7.63. The average molecular weight is 263 g/mol. The predicted molar refractivity (Wildman–Crippen MR) is 83.4 cm³/mol. The van der Waals surface area contributed by atoms with Crippen molar-refractivity contribution in [3.63, 3.8) is 0 Å². The van der Waals surface area contributed by atoms with Gasteiger partial charge in [-0.1, -0.05) is 36.8 Å². The van der Waals surface area contributed by atoms with E-state index >= 15 is 0 Å². The molecular weight excluding hydrogens is 234 g/mol. The van der Waals surface area contributed by atoms with Crippen molar-refractivity contribution in [2.45, 2.75) is 32.9 Å². The van der Waals surface area contributed by atoms with Crippen molar-refractivity contribution in [1.29, 1.82) is 0 Å². The van der Waals surface area contributed by atoms with Gasteiger partial charge in [-0.3, -0.25) is 4.90 Å². The first-order valence-electron chi connectivity index (χ1n) is 7.16. The Morgan fingerprint density at radius 3 is 2.42 bits per heavy atom. The Bertz CT molecular complexity index is 376. The summed E-state index contributed by atoms with van der Waals surface area (Å²) in [5, 5.41) is 0. The highest BCUT2D eigenvalue weighted by Crippen LogP contribution is 2.22. The van der Waals surface area contributed by atoms with Gasteiger partial charge in [0.05, 0.1) is 0 Å². The zero-order chi connectivity index (χ0) is 14.4. The van der Waals surface area contributed by atoms with E-state index in [9.17, 15) is 0 Å². The largest absolute Gasteiger partial charge is 0.329 e. The van der Waals surface area contributed by atoms with Crippen LogP contribution in [-0.4, -0.2) is 49.6 Å². The second-order valence-corrected chi connectivity index (χ2v) is 5.61. The Morgan fingerprint density at radius 1 is 1.26 bits per heavy atom. The highest BCUT2D eigenvalue weighted by molar-refractivity contribution is 5.25. The summed E-state index contributed by atoms with van der Waals surface area (Å²) in [6, 6.07) is 9.50. The normalized spacial score (nSPS) is 14.9. The lowest BCUT2D eigenvalue weighted by Crippen LogP contribution is -2.44. The van der Waals surface area contributed by atoms with Gasteiger partial charge in [0.1, 0.15) is 0 Å². The number of nitrogens with zero attached hydrogens (tertiary/aromatic N) is 2. The molecule has 0 heterocycles. The van der Waals surface area contributed by atoms with E-state index in [1.807, 2.05) is 0 Å². The predicted octanol–water partition coefficient (Wildman–Crippen LogP) is 2.27. The first kappa shape index (κ1) is 16.2. The summed E-state index contributed by atoms with van der Waals surface area (Å²) in [6.07, 6.45) is 0. The van der Waals surface area contributed by atoms with Gasteiger partial charge in [-0.05, 0) is 40.1 Å². The lowest BCUT2D eigenvalue weighted by Gasteiger charge is -2.36. The molecule has 0 aliphatic rings. The van der Waals surface area contributed by atoms with Crippen molar-refractivity contribution in [1.82, 2.24) is 9.80 Å². The summed E-state index contributed by atoms with van der Waals surface area (Å²) in [4.78, 5) is 4.73. The number of hydrogen-bond acceptors (Lipinski definition) is 3. The van der Waals surface area contributed by atoms with Gasteiger partial charge in [0.15, 0.2) is 0 Å². The van der Waals surface area contributed by atoms with Crippen LogP contribution in [0.4, 0.5) is 0 Å². The molecule has 3 heteroatoms. The van der Waals surface area contributed by atoms with Crippen LogP contribution in [0.1, 0.15) is 31.0 Å². The summed E-state index contributed by atoms with van der Waals surface area (Å²) in [5.41, 5.74) is 8.67. The zero-order valence-corrected chi connectivity index (χ0v) is 13.1. The number of rotatable bonds is 7. The molecule has 0 saturated carbocycles. The Labute approximate surface area is 118 Å². The molecule has 2 unspecified atom stereocenters. The van der Waals surface area contributed by atoms with Gasteiger partial charge in [-0.2, -0.15) is 0 Å². The minimum Gasteiger partial charge on any atom is -0.329 e. The molecule has 0 aliphatic carbocycles. The molecule has 0 aliphatic heterocycles. The maximum absolute atomic E-state index is 6.04. The molecular formula is C16H29N3. The van der Waals surface area contributed by atoms with Crippen LogP contribution in [0.3, 0.4) is 0 Å². The van der Waals surface area contributed by atoms with E-state index in [4.69, 9.17) is 5.73 Å². The van der Waals surface area contributed by atoms with Crippen LogP contribution >= 0.6 is 0 Å². The third-order valence-corrected chi connectivity index (χ3v) is 3.61. The molecule has 3 nitrogen and oxygen atoms in total. The number of nitrogens with two attached hydrogens (primary N) is 1. The minimum absolute atomic E-state index is 0.305. The highest BCUT2D eigenvalue weighted by atomic mass is 15.2. The molecule has 0 amide bonds. The lowest BCUT2D eigenvalue weighted by atomic mass is 10.0. The fourth-order valence-corrected chi connectivity index (χ4v) is 2.81. The van der Waals surface area contributed by atoms with Crippen LogP contribution in [0.25, 0.3) is 0 Å². The minimum atomic E-state index is 0.305. The average Bonchev–Trinajstić information content (AvgIpc) is 2.34. The van der Waals surface area contributed by atoms with E-state index in [0.717, 1.165) is 13.1 Å². The van der Waals surface area contributed by atoms with Crippen LogP contribution in [0.5, 0.6) is 0 Å². The van der Waals surface area contributed by atoms with Gasteiger partial charge in [0.25, 0.3) is 0 Å². The Hall–Kier alpha value is -0.900. The van der Waals surface area contributed by atoms with E-state index in [1.54, 1.807) is 0 Å². The SMILES string of the molecule is CCN(C(C)CN(C)C)C(CN)c1cccc(C)c1. The summed E-state index contributed by atoms with van der Waals surface area (Å²) in [7, 11) is 4.24. The van der Waals surface area contributed by atoms with Gasteiger partial charge in [0.2, 0.25) is 0 Å². The molecule has 19 heavy (non-hydrogen) atoms. The summed E-state index contributed by atoms with van der Waals surface area (Å²) in [6.45, 7) is 9.36. The van der Waals surface area contributed by atoms with Crippen molar-refractivity contribution >= 4 is 0 Å². The molecule has 1 aromatic carbocycles. The number of hydrogen-bond donors (Lipinski definition) is 1. The van der Waals surface area contributed by atoms with Crippen LogP contribution in [-0.2, 0) is 0 Å². The van der Waals surface area contributed by atoms with Gasteiger partial charge in [-0.25, -0.2) is 0 Å². The zero-order valence-electron chi connectivity index (χ0n) is 13.1. The molecule has 0 radical (unpaired) electrons. The van der Waals surface area contributed by atoms with Crippen molar-refractivity contribution < 1.29 is 0 Å². The molecule has 1 aromatic rings. The molecule has 0 spiro atoms. The summed E-state index contributed by atoms with van der Waals surface area (Å²) >= 11 is 0. The highest BCUT2D eigenvalue weighted by Gasteiger charge is 2.22. The standard InChI is InChI=1S/C16H29N3/c1-6-19(14(3)12-18(4)5)16(11-17)15-9-7-8-13(2)10-15/h7-10,14,16H,6,11-12,17H2,1-5H3. The Morgan fingerprint density at radius 2 is 1.95 bits per heavy atom. The lowest BCUT2D eigenvalue weighted by molar-refractivity contribution is 0.131. The molecule has 2 N–H and O–H groups in total. The van der Waals surface area contributed by atoms with Crippen LogP contribution in [0, 0.1) is 6.92 Å². The van der Waals surface area contributed by atoms with Crippen molar-refractivity contribution in [3.05, 3.63) is 35.4 Å². The molecule has 1 rings (SSSR count). The van der Waals surface area contributed by atoms with Crippen molar-refractivity contribution in [3.8, 4) is 0 Å². The van der Waals surface area contributed by atoms with Gasteiger partial charge in [0, 0.05) is 25.2 Å². The van der Waals surface area contributed by atoms with Gasteiger partial charge >= 0.3 is 0 Å². The number of aryl methyl sites for hydroxylation is 1. The summed E-state index contributed by atoms with van der Waals surface area (Å²) in [5.74, 6) is 0. The topological polar surface area (TPSA) is 32.5 Å². The Kier molecular flexibility index (Phi) is 6.49. The Balaban J connectivity index is 2.92. The van der Waals surface area contributed by atoms with Crippen LogP contribution in [0.15, 0.2) is 24.3 Å². The molecule has 108 valence electrons. The molecule has 0 fully saturated rings. The van der Waals surface area contributed by atoms with E-state index in [0.29, 0.717) is 18.6 Å². The third kappa shape index (κ3) is 4.60. The fourth-order valence-electron chi connectivity index (χ4n) is 2.81. The van der Waals surface area contributed by atoms with Crippen LogP contribution in [0.2, 0.25) is 0 Å². The molecule has 0 saturated heterocycles. The molecule has 2 atom stereocenters. The first-order valence-corrected chi connectivity index (χ1v) is 7.16. The fraction of sp³-hybridized carbons (Fsp3) is 0.625. The van der Waals surface area contributed by atoms with E-state index < -0.39 is 0 Å². The van der Waals surface area contributed by atoms with Crippen molar-refractivity contribution in [2.24, 2.45) is 5.73 Å². The van der Waals surface area contributed by atoms with E-state index in [-0.39, 0.29) is 0 Å². The number of benzene rings is 1. The maximum Gasteiger partial charge on any atom is 0.0473 e. The third-order valence-electron chi connectivity index (χ3n) is 3.61. The van der Waals surface area contributed by atoms with Gasteiger partial charge < -0.3 is 10.6 Å². The summed E-state index contributed by atoms with van der Waals surface area (Å²) < 4.78 is 0.